The molecule has 11 heavy (non-hydrogen) atoms. The summed E-state index contributed by atoms with van der Waals surface area (Å²) in [6.07, 6.45) is 0. The van der Waals surface area contributed by atoms with Crippen LogP contribution in [0.5, 0.6) is 0 Å². The van der Waals surface area contributed by atoms with Crippen LogP contribution in [0.4, 0.5) is 0 Å². The molecular formula is C4H2ClN3O3. The number of nitrogens with zero attached hydrogens (tertiary/aromatic N) is 1. The summed E-state index contributed by atoms with van der Waals surface area (Å²) in [5.41, 5.74) is -2.20. The smallest absolute Gasteiger partial charge is 0.274 e. The minimum Gasteiger partial charge on any atom is -0.274 e. The molecule has 0 aliphatic heterocycles. The van der Waals surface area contributed by atoms with E-state index in [1.54, 1.807) is 4.98 Å². The number of hydrogen-bond acceptors (Lipinski definition) is 4. The Balaban J connectivity index is 3.43. The van der Waals surface area contributed by atoms with Gasteiger partial charge in [0.1, 0.15) is 0 Å². The van der Waals surface area contributed by atoms with Crippen LogP contribution in [0.1, 0.15) is 10.5 Å². The van der Waals surface area contributed by atoms with Gasteiger partial charge in [-0.05, 0) is 11.6 Å². The number of H-pyrrole nitrogens is 2. The minimum absolute atomic E-state index is 0.522. The van der Waals surface area contributed by atoms with E-state index in [1.807, 2.05) is 5.10 Å². The van der Waals surface area contributed by atoms with Crippen molar-refractivity contribution in [3.8, 4) is 0 Å². The molecule has 1 aromatic rings. The van der Waals surface area contributed by atoms with Crippen LogP contribution in [0, 0.1) is 0 Å². The lowest BCUT2D eigenvalue weighted by molar-refractivity contribution is 0.107. The Morgan fingerprint density at radius 2 is 2.09 bits per heavy atom. The first kappa shape index (κ1) is 7.67. The number of carbonyl (C=O) groups excluding carboxylic acids is 1. The highest BCUT2D eigenvalue weighted by Gasteiger charge is 2.08. The maximum Gasteiger partial charge on any atom is 0.342 e. The number of carbonyl (C=O) groups is 1. The summed E-state index contributed by atoms with van der Waals surface area (Å²) in [6, 6.07) is 0. The van der Waals surface area contributed by atoms with Crippen molar-refractivity contribution in [3.05, 3.63) is 26.5 Å². The third kappa shape index (κ3) is 1.53. The van der Waals surface area contributed by atoms with E-state index in [1.165, 1.54) is 0 Å². The van der Waals surface area contributed by atoms with E-state index < -0.39 is 22.2 Å². The third-order valence-electron chi connectivity index (χ3n) is 0.898. The summed E-state index contributed by atoms with van der Waals surface area (Å²) in [7, 11) is 0. The number of nitrogens with one attached hydrogen (secondary N) is 2. The Morgan fingerprint density at radius 1 is 1.45 bits per heavy atom. The van der Waals surface area contributed by atoms with Crippen molar-refractivity contribution in [3.63, 3.8) is 0 Å². The Labute approximate surface area is 64.2 Å². The van der Waals surface area contributed by atoms with Crippen LogP contribution in [0.3, 0.4) is 0 Å². The maximum absolute atomic E-state index is 10.6. The molecule has 0 saturated carbocycles. The minimum atomic E-state index is -1.01. The van der Waals surface area contributed by atoms with Gasteiger partial charge in [0.2, 0.25) is 5.69 Å². The monoisotopic (exact) mass is 175 g/mol. The van der Waals surface area contributed by atoms with Crippen LogP contribution in [0.15, 0.2) is 9.59 Å². The molecule has 7 heteroatoms. The van der Waals surface area contributed by atoms with Gasteiger partial charge in [-0.1, -0.05) is 0 Å². The first-order valence-electron chi connectivity index (χ1n) is 2.50. The van der Waals surface area contributed by atoms with Crippen LogP contribution in [-0.4, -0.2) is 20.4 Å². The number of aromatic nitrogens is 3. The fourth-order valence-electron chi connectivity index (χ4n) is 0.481. The molecule has 0 radical (unpaired) electrons. The van der Waals surface area contributed by atoms with Gasteiger partial charge in [0.05, 0.1) is 0 Å². The molecule has 0 saturated heterocycles. The summed E-state index contributed by atoms with van der Waals surface area (Å²) >= 11 is 4.92. The highest BCUT2D eigenvalue weighted by molar-refractivity contribution is 6.67. The summed E-state index contributed by atoms with van der Waals surface area (Å²) in [4.78, 5) is 33.1. The topological polar surface area (TPSA) is 95.7 Å². The van der Waals surface area contributed by atoms with E-state index in [2.05, 4.69) is 5.10 Å². The van der Waals surface area contributed by atoms with Crippen molar-refractivity contribution in [1.29, 1.82) is 0 Å². The molecule has 58 valence electrons. The molecule has 0 aliphatic rings. The predicted molar refractivity (Wildman–Crippen MR) is 35.7 cm³/mol. The van der Waals surface area contributed by atoms with E-state index in [0.717, 1.165) is 0 Å². The first-order valence-corrected chi connectivity index (χ1v) is 2.88. The van der Waals surface area contributed by atoms with Crippen LogP contribution in [0.2, 0.25) is 0 Å². The van der Waals surface area contributed by atoms with E-state index >= 15 is 0 Å². The van der Waals surface area contributed by atoms with Gasteiger partial charge in [0.25, 0.3) is 10.8 Å². The molecule has 6 nitrogen and oxygen atoms in total. The van der Waals surface area contributed by atoms with E-state index in [-0.39, 0.29) is 0 Å². The molecule has 0 unspecified atom stereocenters. The zero-order valence-corrected chi connectivity index (χ0v) is 5.81. The molecule has 0 aliphatic carbocycles. The molecule has 1 aromatic heterocycles. The zero-order valence-electron chi connectivity index (χ0n) is 5.05. The molecule has 2 N–H and O–H groups in total. The van der Waals surface area contributed by atoms with Crippen LogP contribution in [0.25, 0.3) is 0 Å². The van der Waals surface area contributed by atoms with E-state index in [0.29, 0.717) is 0 Å². The van der Waals surface area contributed by atoms with Gasteiger partial charge in [-0.25, -0.2) is 9.89 Å². The van der Waals surface area contributed by atoms with Crippen molar-refractivity contribution < 1.29 is 4.79 Å². The van der Waals surface area contributed by atoms with Crippen molar-refractivity contribution in [2.75, 3.05) is 0 Å². The van der Waals surface area contributed by atoms with Crippen LogP contribution < -0.4 is 11.2 Å². The molecule has 0 fully saturated rings. The Kier molecular flexibility index (Phi) is 1.86. The fraction of sp³-hybridized carbons (Fsp3) is 0. The lowest BCUT2D eigenvalue weighted by Crippen LogP contribution is -2.28. The van der Waals surface area contributed by atoms with E-state index in [4.69, 9.17) is 11.6 Å². The average Bonchev–Trinajstić information content (AvgIpc) is 1.85. The van der Waals surface area contributed by atoms with Crippen molar-refractivity contribution in [2.45, 2.75) is 0 Å². The van der Waals surface area contributed by atoms with Gasteiger partial charge >= 0.3 is 5.69 Å². The highest BCUT2D eigenvalue weighted by atomic mass is 35.5. The van der Waals surface area contributed by atoms with Gasteiger partial charge in [0.15, 0.2) is 0 Å². The molecule has 0 aromatic carbocycles. The second kappa shape index (κ2) is 2.67. The summed E-state index contributed by atoms with van der Waals surface area (Å²) in [5, 5.41) is 3.96. The molecule has 0 bridgehead atoms. The quantitative estimate of drug-likeness (QED) is 0.526. The highest BCUT2D eigenvalue weighted by Crippen LogP contribution is 1.86. The van der Waals surface area contributed by atoms with Gasteiger partial charge in [-0.2, -0.15) is 5.10 Å². The number of aromatic amines is 2. The number of hydrogen-bond donors (Lipinski definition) is 2. The standard InChI is InChI=1S/C4H2ClN3O3/c5-2(9)1-3(10)6-4(11)8-7-1/h(H2,6,8,10,11). The summed E-state index contributed by atoms with van der Waals surface area (Å²) in [6.45, 7) is 0. The maximum atomic E-state index is 10.6. The Morgan fingerprint density at radius 3 is 2.55 bits per heavy atom. The zero-order chi connectivity index (χ0) is 8.43. The Hall–Kier alpha value is -1.43. The normalized spacial score (nSPS) is 9.55. The molecular weight excluding hydrogens is 174 g/mol. The lowest BCUT2D eigenvalue weighted by atomic mass is 10.5. The van der Waals surface area contributed by atoms with Gasteiger partial charge in [0, 0.05) is 0 Å². The van der Waals surface area contributed by atoms with Gasteiger partial charge in [-0.3, -0.25) is 14.6 Å². The first-order chi connectivity index (χ1) is 5.11. The molecule has 0 atom stereocenters. The fourth-order valence-corrected chi connectivity index (χ4v) is 0.609. The summed E-state index contributed by atoms with van der Waals surface area (Å²) in [5.74, 6) is 0. The second-order valence-corrected chi connectivity index (χ2v) is 1.97. The van der Waals surface area contributed by atoms with Crippen molar-refractivity contribution >= 4 is 16.8 Å². The van der Waals surface area contributed by atoms with E-state index in [9.17, 15) is 14.4 Å². The molecule has 1 heterocycles. The summed E-state index contributed by atoms with van der Waals surface area (Å²) < 4.78 is 0. The largest absolute Gasteiger partial charge is 0.342 e. The average molecular weight is 176 g/mol. The van der Waals surface area contributed by atoms with Crippen LogP contribution >= 0.6 is 11.6 Å². The van der Waals surface area contributed by atoms with Crippen molar-refractivity contribution in [2.24, 2.45) is 0 Å². The molecule has 0 spiro atoms. The Bertz CT molecular complexity index is 392. The van der Waals surface area contributed by atoms with Crippen molar-refractivity contribution in [1.82, 2.24) is 15.2 Å². The van der Waals surface area contributed by atoms with Crippen LogP contribution in [-0.2, 0) is 0 Å². The lowest BCUT2D eigenvalue weighted by Gasteiger charge is -1.86. The molecule has 0 amide bonds. The second-order valence-electron chi connectivity index (χ2n) is 1.63. The molecule has 1 rings (SSSR count). The van der Waals surface area contributed by atoms with Gasteiger partial charge < -0.3 is 0 Å². The number of halogens is 1. The SMILES string of the molecule is O=C(Cl)c1n[nH]c(=O)[nH]c1=O. The van der Waals surface area contributed by atoms with Gasteiger partial charge in [-0.15, -0.1) is 0 Å². The third-order valence-corrected chi connectivity index (χ3v) is 1.08. The number of rotatable bonds is 1. The predicted octanol–water partition coefficient (Wildman–Crippen LogP) is -1.16.